The maximum absolute atomic E-state index is 4.67. The predicted molar refractivity (Wildman–Crippen MR) is 148 cm³/mol. The Morgan fingerprint density at radius 3 is 2.76 bits per heavy atom. The lowest BCUT2D eigenvalue weighted by atomic mass is 10.1. The second kappa shape index (κ2) is 9.50. The summed E-state index contributed by atoms with van der Waals surface area (Å²) in [6, 6.07) is 8.40. The van der Waals surface area contributed by atoms with Gasteiger partial charge in [0, 0.05) is 59.4 Å². The Balaban J connectivity index is 1.20. The van der Waals surface area contributed by atoms with Gasteiger partial charge in [0.25, 0.3) is 0 Å². The molecule has 1 saturated carbocycles. The zero-order chi connectivity index (χ0) is 25.5. The highest BCUT2D eigenvalue weighted by Gasteiger charge is 2.16. The molecule has 0 spiro atoms. The van der Waals surface area contributed by atoms with E-state index in [1.165, 1.54) is 31.2 Å². The van der Waals surface area contributed by atoms with E-state index in [0.29, 0.717) is 0 Å². The lowest BCUT2D eigenvalue weighted by Gasteiger charge is -2.11. The normalized spacial score (nSPS) is 14.2. The minimum Gasteiger partial charge on any atom is -0.353 e. The average molecular weight is 504 g/mol. The first-order valence-corrected chi connectivity index (χ1v) is 13.2. The van der Waals surface area contributed by atoms with Crippen molar-refractivity contribution in [2.45, 2.75) is 39.2 Å². The van der Waals surface area contributed by atoms with Gasteiger partial charge in [0.2, 0.25) is 0 Å². The number of hydrogen-bond donors (Lipinski definition) is 3. The standard InChI is InChI=1S/C29H29N9/c1-18-16-38(17-34-18)29-23-10-26(35-25(23)6-7-32-29)27-24-9-22(15-33-28(24)37-36-27)21-8-20(13-31-14-21)12-30-11-19-4-2-3-5-19/h6-10,13-17,19,30,35H,2-5,11-12H2,1H3,(H,33,36,37). The smallest absolute Gasteiger partial charge is 0.155 e. The van der Waals surface area contributed by atoms with Crippen LogP contribution in [-0.4, -0.2) is 46.2 Å². The number of aromatic nitrogens is 8. The molecule has 0 atom stereocenters. The van der Waals surface area contributed by atoms with Gasteiger partial charge in [0.05, 0.1) is 16.9 Å². The minimum absolute atomic E-state index is 0.744. The summed E-state index contributed by atoms with van der Waals surface area (Å²) in [6.07, 6.45) is 16.7. The van der Waals surface area contributed by atoms with Crippen molar-refractivity contribution in [3.05, 3.63) is 72.8 Å². The number of nitrogens with one attached hydrogen (secondary N) is 3. The van der Waals surface area contributed by atoms with Crippen LogP contribution in [0.5, 0.6) is 0 Å². The maximum Gasteiger partial charge on any atom is 0.155 e. The summed E-state index contributed by atoms with van der Waals surface area (Å²) in [5.41, 5.74) is 7.63. The summed E-state index contributed by atoms with van der Waals surface area (Å²) < 4.78 is 1.94. The molecule has 1 aliphatic rings. The number of fused-ring (bicyclic) bond motifs is 2. The van der Waals surface area contributed by atoms with Crippen LogP contribution in [0.15, 0.2) is 61.6 Å². The molecule has 7 rings (SSSR count). The van der Waals surface area contributed by atoms with E-state index in [1.807, 2.05) is 42.3 Å². The van der Waals surface area contributed by atoms with Crippen LogP contribution in [0.2, 0.25) is 0 Å². The van der Waals surface area contributed by atoms with Crippen LogP contribution in [0.4, 0.5) is 0 Å². The summed E-state index contributed by atoms with van der Waals surface area (Å²) in [7, 11) is 0. The third-order valence-corrected chi connectivity index (χ3v) is 7.52. The van der Waals surface area contributed by atoms with E-state index in [2.05, 4.69) is 58.6 Å². The molecule has 0 radical (unpaired) electrons. The first kappa shape index (κ1) is 22.8. The molecule has 0 aromatic carbocycles. The number of rotatable bonds is 7. The zero-order valence-electron chi connectivity index (χ0n) is 21.3. The van der Waals surface area contributed by atoms with Crippen molar-refractivity contribution < 1.29 is 0 Å². The first-order valence-electron chi connectivity index (χ1n) is 13.2. The van der Waals surface area contributed by atoms with Gasteiger partial charge in [-0.1, -0.05) is 12.8 Å². The van der Waals surface area contributed by atoms with E-state index < -0.39 is 0 Å². The summed E-state index contributed by atoms with van der Waals surface area (Å²) in [6.45, 7) is 3.88. The Labute approximate surface area is 219 Å². The Morgan fingerprint density at radius 2 is 1.89 bits per heavy atom. The van der Waals surface area contributed by atoms with Gasteiger partial charge in [-0.15, -0.1) is 0 Å². The van der Waals surface area contributed by atoms with Gasteiger partial charge in [0.15, 0.2) is 5.65 Å². The van der Waals surface area contributed by atoms with Crippen molar-refractivity contribution in [3.8, 4) is 28.3 Å². The van der Waals surface area contributed by atoms with Gasteiger partial charge >= 0.3 is 0 Å². The number of aryl methyl sites for hydroxylation is 1. The highest BCUT2D eigenvalue weighted by molar-refractivity contribution is 5.97. The fourth-order valence-electron chi connectivity index (χ4n) is 5.55. The third-order valence-electron chi connectivity index (χ3n) is 7.52. The van der Waals surface area contributed by atoms with Gasteiger partial charge in [-0.05, 0) is 62.1 Å². The monoisotopic (exact) mass is 503 g/mol. The van der Waals surface area contributed by atoms with Crippen LogP contribution in [0.1, 0.15) is 36.9 Å². The highest BCUT2D eigenvalue weighted by atomic mass is 15.2. The van der Waals surface area contributed by atoms with E-state index in [9.17, 15) is 0 Å². The topological polar surface area (TPSA) is 113 Å². The lowest BCUT2D eigenvalue weighted by molar-refractivity contribution is 0.489. The molecule has 0 amide bonds. The second-order valence-corrected chi connectivity index (χ2v) is 10.3. The number of imidazole rings is 1. The summed E-state index contributed by atoms with van der Waals surface area (Å²) in [4.78, 5) is 21.7. The minimum atomic E-state index is 0.744. The molecule has 9 nitrogen and oxygen atoms in total. The lowest BCUT2D eigenvalue weighted by Crippen LogP contribution is -2.20. The summed E-state index contributed by atoms with van der Waals surface area (Å²) in [5, 5.41) is 13.3. The van der Waals surface area contributed by atoms with Gasteiger partial charge in [0.1, 0.15) is 17.8 Å². The average Bonchev–Trinajstić information content (AvgIpc) is 3.74. The van der Waals surface area contributed by atoms with Crippen LogP contribution >= 0.6 is 0 Å². The second-order valence-electron chi connectivity index (χ2n) is 10.3. The molecule has 6 heterocycles. The van der Waals surface area contributed by atoms with E-state index in [0.717, 1.165) is 75.0 Å². The SMILES string of the molecule is Cc1cn(-c2nccc3[nH]c(-c4n[nH]c5ncc(-c6cncc(CNCC7CCCC7)c6)cc45)cc23)cn1. The Kier molecular flexibility index (Phi) is 5.70. The largest absolute Gasteiger partial charge is 0.353 e. The molecular formula is C29H29N9. The molecule has 38 heavy (non-hydrogen) atoms. The number of nitrogens with zero attached hydrogens (tertiary/aromatic N) is 6. The van der Waals surface area contributed by atoms with Crippen molar-refractivity contribution >= 4 is 21.9 Å². The molecule has 9 heteroatoms. The first-order chi connectivity index (χ1) is 18.7. The van der Waals surface area contributed by atoms with Crippen molar-refractivity contribution in [1.82, 2.24) is 45.0 Å². The van der Waals surface area contributed by atoms with E-state index in [1.54, 1.807) is 12.5 Å². The fourth-order valence-corrected chi connectivity index (χ4v) is 5.55. The Morgan fingerprint density at radius 1 is 1.00 bits per heavy atom. The van der Waals surface area contributed by atoms with Gasteiger partial charge in [-0.25, -0.2) is 15.0 Å². The Bertz CT molecular complexity index is 1740. The molecule has 6 aromatic rings. The predicted octanol–water partition coefficient (Wildman–Crippen LogP) is 5.34. The quantitative estimate of drug-likeness (QED) is 0.271. The number of pyridine rings is 3. The van der Waals surface area contributed by atoms with Crippen molar-refractivity contribution in [2.75, 3.05) is 6.54 Å². The number of H-pyrrole nitrogens is 2. The van der Waals surface area contributed by atoms with Crippen molar-refractivity contribution in [1.29, 1.82) is 0 Å². The van der Waals surface area contributed by atoms with Crippen LogP contribution in [0.3, 0.4) is 0 Å². The Hall–Kier alpha value is -4.37. The van der Waals surface area contributed by atoms with Gasteiger partial charge in [-0.3, -0.25) is 14.6 Å². The third kappa shape index (κ3) is 4.24. The van der Waals surface area contributed by atoms with E-state index in [4.69, 9.17) is 0 Å². The molecule has 6 aromatic heterocycles. The molecule has 0 unspecified atom stereocenters. The summed E-state index contributed by atoms with van der Waals surface area (Å²) >= 11 is 0. The molecule has 1 aliphatic carbocycles. The number of hydrogen-bond acceptors (Lipinski definition) is 6. The summed E-state index contributed by atoms with van der Waals surface area (Å²) in [5.74, 6) is 1.64. The molecular weight excluding hydrogens is 474 g/mol. The molecule has 1 fully saturated rings. The molecule has 3 N–H and O–H groups in total. The van der Waals surface area contributed by atoms with Crippen LogP contribution in [0.25, 0.3) is 50.3 Å². The van der Waals surface area contributed by atoms with Crippen LogP contribution in [-0.2, 0) is 6.54 Å². The van der Waals surface area contributed by atoms with Gasteiger partial charge < -0.3 is 10.3 Å². The number of aromatic amines is 2. The van der Waals surface area contributed by atoms with E-state index >= 15 is 0 Å². The molecule has 0 bridgehead atoms. The van der Waals surface area contributed by atoms with Crippen molar-refractivity contribution in [2.24, 2.45) is 5.92 Å². The van der Waals surface area contributed by atoms with Gasteiger partial charge in [-0.2, -0.15) is 5.10 Å². The molecule has 190 valence electrons. The van der Waals surface area contributed by atoms with Crippen molar-refractivity contribution in [3.63, 3.8) is 0 Å². The van der Waals surface area contributed by atoms with Crippen LogP contribution < -0.4 is 5.32 Å². The maximum atomic E-state index is 4.67. The highest BCUT2D eigenvalue weighted by Crippen LogP contribution is 2.32. The van der Waals surface area contributed by atoms with E-state index in [-0.39, 0.29) is 0 Å². The zero-order valence-corrected chi connectivity index (χ0v) is 21.3. The molecule has 0 saturated heterocycles. The van der Waals surface area contributed by atoms with Crippen LogP contribution in [0, 0.1) is 12.8 Å². The fraction of sp³-hybridized carbons (Fsp3) is 0.276. The molecule has 0 aliphatic heterocycles.